The molecule has 0 bridgehead atoms. The van der Waals surface area contributed by atoms with Crippen LogP contribution in [-0.2, 0) is 13.1 Å². The Hall–Kier alpha value is -3.02. The number of anilines is 1. The van der Waals surface area contributed by atoms with Crippen molar-refractivity contribution in [3.05, 3.63) is 60.1 Å². The molecule has 2 aromatic heterocycles. The molecule has 0 saturated carbocycles. The normalized spacial score (nSPS) is 11.6. The van der Waals surface area contributed by atoms with Crippen molar-refractivity contribution in [1.29, 1.82) is 0 Å². The minimum atomic E-state index is 0.662. The minimum Gasteiger partial charge on any atom is -0.472 e. The number of guanidine groups is 1. The fraction of sp³-hybridized carbons (Fsp3) is 0.263. The maximum Gasteiger partial charge on any atom is 0.191 e. The van der Waals surface area contributed by atoms with Gasteiger partial charge in [-0.15, -0.1) is 0 Å². The summed E-state index contributed by atoms with van der Waals surface area (Å²) < 4.78 is 5.08. The summed E-state index contributed by atoms with van der Waals surface area (Å²) in [7, 11) is 5.76. The van der Waals surface area contributed by atoms with Crippen LogP contribution in [0.15, 0.2) is 58.3 Å². The highest BCUT2D eigenvalue weighted by Crippen LogP contribution is 2.21. The molecule has 0 spiro atoms. The van der Waals surface area contributed by atoms with Crippen molar-refractivity contribution in [2.45, 2.75) is 13.1 Å². The first-order valence-corrected chi connectivity index (χ1v) is 8.19. The molecule has 0 unspecified atom stereocenters. The molecular weight excluding hydrogens is 314 g/mol. The van der Waals surface area contributed by atoms with Gasteiger partial charge in [-0.3, -0.25) is 4.99 Å². The van der Waals surface area contributed by atoms with E-state index >= 15 is 0 Å². The lowest BCUT2D eigenvalue weighted by Crippen LogP contribution is -2.36. The Morgan fingerprint density at radius 1 is 1.16 bits per heavy atom. The Morgan fingerprint density at radius 2 is 1.96 bits per heavy atom. The number of nitrogens with zero attached hydrogens (tertiary/aromatic N) is 3. The lowest BCUT2D eigenvalue weighted by atomic mass is 10.1. The lowest BCUT2D eigenvalue weighted by molar-refractivity contribution is 0.563. The number of aliphatic imine (C=N–C) groups is 1. The molecule has 0 aliphatic heterocycles. The summed E-state index contributed by atoms with van der Waals surface area (Å²) in [6.07, 6.45) is 3.39. The number of hydrogen-bond donors (Lipinski definition) is 2. The minimum absolute atomic E-state index is 0.662. The molecule has 0 aliphatic carbocycles. The van der Waals surface area contributed by atoms with Crippen molar-refractivity contribution in [3.63, 3.8) is 0 Å². The second kappa shape index (κ2) is 7.70. The summed E-state index contributed by atoms with van der Waals surface area (Å²) in [5, 5.41) is 7.79. The highest BCUT2D eigenvalue weighted by atomic mass is 16.3. The molecule has 0 aliphatic rings. The molecule has 3 rings (SSSR count). The third-order valence-electron chi connectivity index (χ3n) is 3.96. The quantitative estimate of drug-likeness (QED) is 0.554. The number of pyridine rings is 1. The van der Waals surface area contributed by atoms with Crippen molar-refractivity contribution < 1.29 is 4.42 Å². The van der Waals surface area contributed by atoms with Gasteiger partial charge in [-0.25, -0.2) is 4.98 Å². The molecule has 0 saturated heterocycles. The molecular formula is C19H23N5O. The van der Waals surface area contributed by atoms with Crippen LogP contribution in [-0.4, -0.2) is 32.1 Å². The topological polar surface area (TPSA) is 65.7 Å². The van der Waals surface area contributed by atoms with Crippen molar-refractivity contribution in [1.82, 2.24) is 15.6 Å². The van der Waals surface area contributed by atoms with Crippen LogP contribution in [0.25, 0.3) is 10.9 Å². The molecule has 6 nitrogen and oxygen atoms in total. The van der Waals surface area contributed by atoms with Crippen LogP contribution in [0.3, 0.4) is 0 Å². The zero-order valence-electron chi connectivity index (χ0n) is 14.8. The van der Waals surface area contributed by atoms with Gasteiger partial charge < -0.3 is 20.0 Å². The SMILES string of the molecule is CN=C(NCc1ccoc1)NCc1cc(N(C)C)nc2ccccc12. The van der Waals surface area contributed by atoms with Crippen LogP contribution >= 0.6 is 0 Å². The van der Waals surface area contributed by atoms with Gasteiger partial charge >= 0.3 is 0 Å². The zero-order chi connectivity index (χ0) is 17.6. The van der Waals surface area contributed by atoms with Gasteiger partial charge in [0, 0.05) is 45.2 Å². The fourth-order valence-corrected chi connectivity index (χ4v) is 2.59. The van der Waals surface area contributed by atoms with E-state index in [0.717, 1.165) is 28.2 Å². The Balaban J connectivity index is 1.75. The van der Waals surface area contributed by atoms with E-state index in [-0.39, 0.29) is 0 Å². The Kier molecular flexibility index (Phi) is 5.18. The Bertz CT molecular complexity index is 855. The number of benzene rings is 1. The smallest absolute Gasteiger partial charge is 0.191 e. The molecule has 2 heterocycles. The Labute approximate surface area is 147 Å². The maximum atomic E-state index is 5.08. The second-order valence-corrected chi connectivity index (χ2v) is 5.96. The van der Waals surface area contributed by atoms with Crippen LogP contribution in [0.1, 0.15) is 11.1 Å². The number of fused-ring (bicyclic) bond motifs is 1. The van der Waals surface area contributed by atoms with Gasteiger partial charge in [0.2, 0.25) is 0 Å². The fourth-order valence-electron chi connectivity index (χ4n) is 2.59. The summed E-state index contributed by atoms with van der Waals surface area (Å²) in [4.78, 5) is 11.0. The van der Waals surface area contributed by atoms with E-state index in [1.807, 2.05) is 43.3 Å². The first kappa shape index (κ1) is 16.8. The van der Waals surface area contributed by atoms with E-state index in [1.54, 1.807) is 19.6 Å². The van der Waals surface area contributed by atoms with Gasteiger partial charge in [0.05, 0.1) is 18.0 Å². The first-order chi connectivity index (χ1) is 12.2. The van der Waals surface area contributed by atoms with Gasteiger partial charge in [-0.1, -0.05) is 18.2 Å². The van der Waals surface area contributed by atoms with E-state index in [0.29, 0.717) is 13.1 Å². The van der Waals surface area contributed by atoms with Crippen LogP contribution in [0.5, 0.6) is 0 Å². The highest BCUT2D eigenvalue weighted by Gasteiger charge is 2.08. The average molecular weight is 337 g/mol. The highest BCUT2D eigenvalue weighted by molar-refractivity contribution is 5.85. The monoisotopic (exact) mass is 337 g/mol. The molecule has 0 amide bonds. The van der Waals surface area contributed by atoms with Crippen molar-refractivity contribution in [2.75, 3.05) is 26.0 Å². The number of para-hydroxylation sites is 1. The number of aromatic nitrogens is 1. The summed E-state index contributed by atoms with van der Waals surface area (Å²) in [5.74, 6) is 1.69. The van der Waals surface area contributed by atoms with Crippen molar-refractivity contribution in [3.8, 4) is 0 Å². The van der Waals surface area contributed by atoms with Crippen molar-refractivity contribution >= 4 is 22.7 Å². The summed E-state index contributed by atoms with van der Waals surface area (Å²) >= 11 is 0. The van der Waals surface area contributed by atoms with Crippen LogP contribution in [0.2, 0.25) is 0 Å². The zero-order valence-corrected chi connectivity index (χ0v) is 14.8. The summed E-state index contributed by atoms with van der Waals surface area (Å²) in [6.45, 7) is 1.32. The number of furan rings is 1. The second-order valence-electron chi connectivity index (χ2n) is 5.96. The lowest BCUT2D eigenvalue weighted by Gasteiger charge is -2.16. The van der Waals surface area contributed by atoms with E-state index in [4.69, 9.17) is 9.40 Å². The predicted molar refractivity (Wildman–Crippen MR) is 102 cm³/mol. The molecule has 1 aromatic carbocycles. The van der Waals surface area contributed by atoms with Gasteiger partial charge in [-0.2, -0.15) is 0 Å². The maximum absolute atomic E-state index is 5.08. The van der Waals surface area contributed by atoms with Crippen LogP contribution < -0.4 is 15.5 Å². The molecule has 0 radical (unpaired) electrons. The van der Waals surface area contributed by atoms with E-state index < -0.39 is 0 Å². The van der Waals surface area contributed by atoms with Crippen LogP contribution in [0.4, 0.5) is 5.82 Å². The van der Waals surface area contributed by atoms with Gasteiger partial charge in [-0.05, 0) is 23.8 Å². The van der Waals surface area contributed by atoms with Crippen molar-refractivity contribution in [2.24, 2.45) is 4.99 Å². The summed E-state index contributed by atoms with van der Waals surface area (Å²) in [6, 6.07) is 12.2. The molecule has 6 heteroatoms. The largest absolute Gasteiger partial charge is 0.472 e. The third-order valence-corrected chi connectivity index (χ3v) is 3.96. The first-order valence-electron chi connectivity index (χ1n) is 8.19. The number of nitrogens with one attached hydrogen (secondary N) is 2. The molecule has 130 valence electrons. The average Bonchev–Trinajstić information content (AvgIpc) is 3.15. The third kappa shape index (κ3) is 4.09. The number of rotatable bonds is 5. The molecule has 0 atom stereocenters. The standard InChI is InChI=1S/C19H23N5O/c1-20-19(21-11-14-8-9-25-13-14)22-12-15-10-18(24(2)3)23-17-7-5-4-6-16(15)17/h4-10,13H,11-12H2,1-3H3,(H2,20,21,22). The van der Waals surface area contributed by atoms with E-state index in [2.05, 4.69) is 27.8 Å². The van der Waals surface area contributed by atoms with Crippen LogP contribution in [0, 0.1) is 0 Å². The number of hydrogen-bond acceptors (Lipinski definition) is 4. The van der Waals surface area contributed by atoms with E-state index in [1.165, 1.54) is 5.56 Å². The predicted octanol–water partition coefficient (Wildman–Crippen LogP) is 2.76. The molecule has 25 heavy (non-hydrogen) atoms. The molecule has 0 fully saturated rings. The molecule has 2 N–H and O–H groups in total. The molecule has 3 aromatic rings. The van der Waals surface area contributed by atoms with Gasteiger partial charge in [0.15, 0.2) is 5.96 Å². The van der Waals surface area contributed by atoms with Gasteiger partial charge in [0.25, 0.3) is 0 Å². The van der Waals surface area contributed by atoms with Gasteiger partial charge in [0.1, 0.15) is 5.82 Å². The Morgan fingerprint density at radius 3 is 2.68 bits per heavy atom. The summed E-state index contributed by atoms with van der Waals surface area (Å²) in [5.41, 5.74) is 3.25. The van der Waals surface area contributed by atoms with E-state index in [9.17, 15) is 0 Å².